The van der Waals surface area contributed by atoms with E-state index in [2.05, 4.69) is 41.5 Å². The molecular formula is C12H14N2. The first-order valence-electron chi connectivity index (χ1n) is 4.95. The predicted octanol–water partition coefficient (Wildman–Crippen LogP) is 2.34. The third-order valence-corrected chi connectivity index (χ3v) is 2.28. The number of para-hydroxylation sites is 1. The quantitative estimate of drug-likeness (QED) is 0.795. The van der Waals surface area contributed by atoms with Gasteiger partial charge < -0.3 is 5.32 Å². The highest BCUT2D eigenvalue weighted by Gasteiger charge is 1.99. The summed E-state index contributed by atoms with van der Waals surface area (Å²) >= 11 is 0. The van der Waals surface area contributed by atoms with Crippen LogP contribution in [0, 0.1) is 0 Å². The van der Waals surface area contributed by atoms with Crippen LogP contribution < -0.4 is 5.32 Å². The van der Waals surface area contributed by atoms with Gasteiger partial charge >= 0.3 is 0 Å². The molecule has 1 heterocycles. The lowest BCUT2D eigenvalue weighted by molar-refractivity contribution is 0.729. The van der Waals surface area contributed by atoms with E-state index in [1.165, 1.54) is 10.9 Å². The van der Waals surface area contributed by atoms with Gasteiger partial charge in [-0.2, -0.15) is 0 Å². The Morgan fingerprint density at radius 1 is 1.21 bits per heavy atom. The molecule has 2 aromatic rings. The van der Waals surface area contributed by atoms with Crippen LogP contribution in [0.15, 0.2) is 36.5 Å². The molecule has 1 aromatic carbocycles. The van der Waals surface area contributed by atoms with E-state index in [-0.39, 0.29) is 0 Å². The molecule has 0 aliphatic heterocycles. The molecule has 0 saturated heterocycles. The minimum absolute atomic E-state index is 0.894. The highest BCUT2D eigenvalue weighted by atomic mass is 14.8. The van der Waals surface area contributed by atoms with Gasteiger partial charge in [-0.05, 0) is 18.2 Å². The van der Waals surface area contributed by atoms with E-state index in [0.29, 0.717) is 0 Å². The minimum Gasteiger partial charge on any atom is -0.313 e. The van der Waals surface area contributed by atoms with Crippen LogP contribution in [0.25, 0.3) is 10.9 Å². The van der Waals surface area contributed by atoms with Gasteiger partial charge in [0.1, 0.15) is 0 Å². The number of aromatic nitrogens is 1. The smallest absolute Gasteiger partial charge is 0.0746 e. The second-order valence-electron chi connectivity index (χ2n) is 3.27. The molecule has 2 nitrogen and oxygen atoms in total. The van der Waals surface area contributed by atoms with E-state index in [1.54, 1.807) is 0 Å². The molecule has 1 N–H and O–H groups in total. The zero-order valence-electron chi connectivity index (χ0n) is 8.33. The second kappa shape index (κ2) is 4.20. The molecule has 0 radical (unpaired) electrons. The third kappa shape index (κ3) is 1.75. The van der Waals surface area contributed by atoms with Crippen LogP contribution in [0.1, 0.15) is 12.5 Å². The molecule has 0 bridgehead atoms. The first-order valence-corrected chi connectivity index (χ1v) is 4.95. The number of nitrogens with one attached hydrogen (secondary N) is 1. The highest BCUT2D eigenvalue weighted by Crippen LogP contribution is 2.15. The summed E-state index contributed by atoms with van der Waals surface area (Å²) in [6.45, 7) is 3.99. The minimum atomic E-state index is 0.894. The first-order chi connectivity index (χ1) is 6.92. The standard InChI is InChI=1S/C12H14N2/c1-2-13-9-11-6-3-5-10-7-4-8-14-12(10)11/h3-8,13H,2,9H2,1H3. The topological polar surface area (TPSA) is 24.9 Å². The Bertz CT molecular complexity index is 418. The van der Waals surface area contributed by atoms with Crippen molar-refractivity contribution >= 4 is 10.9 Å². The lowest BCUT2D eigenvalue weighted by Gasteiger charge is -2.05. The molecule has 0 atom stereocenters. The maximum Gasteiger partial charge on any atom is 0.0746 e. The van der Waals surface area contributed by atoms with Crippen LogP contribution in [0.5, 0.6) is 0 Å². The van der Waals surface area contributed by atoms with E-state index < -0.39 is 0 Å². The molecule has 14 heavy (non-hydrogen) atoms. The number of pyridine rings is 1. The molecule has 0 saturated carbocycles. The van der Waals surface area contributed by atoms with Crippen molar-refractivity contribution in [1.29, 1.82) is 0 Å². The molecule has 0 spiro atoms. The van der Waals surface area contributed by atoms with Crippen LogP contribution in [-0.2, 0) is 6.54 Å². The molecule has 1 aromatic heterocycles. The van der Waals surface area contributed by atoms with Crippen molar-refractivity contribution in [2.24, 2.45) is 0 Å². The second-order valence-corrected chi connectivity index (χ2v) is 3.27. The monoisotopic (exact) mass is 186 g/mol. The fraction of sp³-hybridized carbons (Fsp3) is 0.250. The predicted molar refractivity (Wildman–Crippen MR) is 59.1 cm³/mol. The van der Waals surface area contributed by atoms with Gasteiger partial charge in [-0.3, -0.25) is 4.98 Å². The van der Waals surface area contributed by atoms with Gasteiger partial charge in [-0.15, -0.1) is 0 Å². The van der Waals surface area contributed by atoms with E-state index >= 15 is 0 Å². The number of hydrogen-bond donors (Lipinski definition) is 1. The van der Waals surface area contributed by atoms with Gasteiger partial charge in [-0.1, -0.05) is 31.2 Å². The van der Waals surface area contributed by atoms with Crippen molar-refractivity contribution < 1.29 is 0 Å². The van der Waals surface area contributed by atoms with Gasteiger partial charge in [0.15, 0.2) is 0 Å². The molecular weight excluding hydrogens is 172 g/mol. The maximum absolute atomic E-state index is 4.39. The van der Waals surface area contributed by atoms with E-state index in [1.807, 2.05) is 12.3 Å². The number of benzene rings is 1. The summed E-state index contributed by atoms with van der Waals surface area (Å²) in [5.41, 5.74) is 2.38. The first kappa shape index (κ1) is 9.16. The van der Waals surface area contributed by atoms with Crippen molar-refractivity contribution in [2.45, 2.75) is 13.5 Å². The zero-order chi connectivity index (χ0) is 9.80. The Morgan fingerprint density at radius 2 is 2.07 bits per heavy atom. The van der Waals surface area contributed by atoms with Crippen molar-refractivity contribution in [3.05, 3.63) is 42.1 Å². The fourth-order valence-corrected chi connectivity index (χ4v) is 1.57. The normalized spacial score (nSPS) is 10.6. The largest absolute Gasteiger partial charge is 0.313 e. The fourth-order valence-electron chi connectivity index (χ4n) is 1.57. The highest BCUT2D eigenvalue weighted by molar-refractivity contribution is 5.81. The number of fused-ring (bicyclic) bond motifs is 1. The van der Waals surface area contributed by atoms with Crippen LogP contribution in [-0.4, -0.2) is 11.5 Å². The Labute approximate surface area is 84.0 Å². The molecule has 0 amide bonds. The molecule has 2 rings (SSSR count). The van der Waals surface area contributed by atoms with Crippen LogP contribution >= 0.6 is 0 Å². The molecule has 0 fully saturated rings. The molecule has 0 aliphatic carbocycles. The summed E-state index contributed by atoms with van der Waals surface area (Å²) in [4.78, 5) is 4.39. The SMILES string of the molecule is CCNCc1cccc2cccnc12. The molecule has 0 unspecified atom stereocenters. The average molecular weight is 186 g/mol. The lowest BCUT2D eigenvalue weighted by Crippen LogP contribution is -2.12. The maximum atomic E-state index is 4.39. The van der Waals surface area contributed by atoms with Crippen molar-refractivity contribution in [1.82, 2.24) is 10.3 Å². The zero-order valence-corrected chi connectivity index (χ0v) is 8.33. The lowest BCUT2D eigenvalue weighted by atomic mass is 10.1. The summed E-state index contributed by atoms with van der Waals surface area (Å²) in [6, 6.07) is 10.4. The van der Waals surface area contributed by atoms with Gasteiger partial charge in [0.2, 0.25) is 0 Å². The van der Waals surface area contributed by atoms with Gasteiger partial charge in [0.25, 0.3) is 0 Å². The van der Waals surface area contributed by atoms with Crippen molar-refractivity contribution in [2.75, 3.05) is 6.54 Å². The average Bonchev–Trinajstić information content (AvgIpc) is 2.26. The van der Waals surface area contributed by atoms with Crippen LogP contribution in [0.2, 0.25) is 0 Å². The van der Waals surface area contributed by atoms with Gasteiger partial charge in [0.05, 0.1) is 5.52 Å². The number of hydrogen-bond acceptors (Lipinski definition) is 2. The number of nitrogens with zero attached hydrogens (tertiary/aromatic N) is 1. The Balaban J connectivity index is 2.43. The van der Waals surface area contributed by atoms with E-state index in [4.69, 9.17) is 0 Å². The van der Waals surface area contributed by atoms with Gasteiger partial charge in [0, 0.05) is 18.1 Å². The van der Waals surface area contributed by atoms with Crippen molar-refractivity contribution in [3.63, 3.8) is 0 Å². The summed E-state index contributed by atoms with van der Waals surface area (Å²) < 4.78 is 0. The third-order valence-electron chi connectivity index (χ3n) is 2.28. The Kier molecular flexibility index (Phi) is 2.75. The molecule has 72 valence electrons. The number of rotatable bonds is 3. The van der Waals surface area contributed by atoms with E-state index in [0.717, 1.165) is 18.6 Å². The van der Waals surface area contributed by atoms with E-state index in [9.17, 15) is 0 Å². The van der Waals surface area contributed by atoms with Gasteiger partial charge in [-0.25, -0.2) is 0 Å². The van der Waals surface area contributed by atoms with Crippen LogP contribution in [0.4, 0.5) is 0 Å². The molecule has 0 aliphatic rings. The Morgan fingerprint density at radius 3 is 2.93 bits per heavy atom. The summed E-state index contributed by atoms with van der Waals surface area (Å²) in [5, 5.41) is 4.53. The van der Waals surface area contributed by atoms with Crippen LogP contribution in [0.3, 0.4) is 0 Å². The van der Waals surface area contributed by atoms with Crippen molar-refractivity contribution in [3.8, 4) is 0 Å². The Hall–Kier alpha value is -1.41. The summed E-state index contributed by atoms with van der Waals surface area (Å²) in [5.74, 6) is 0. The summed E-state index contributed by atoms with van der Waals surface area (Å²) in [6.07, 6.45) is 1.85. The molecule has 2 heteroatoms. The summed E-state index contributed by atoms with van der Waals surface area (Å²) in [7, 11) is 0.